The first-order valence-electron chi connectivity index (χ1n) is 7.32. The largest absolute Gasteiger partial charge is 0.313 e. The molecule has 20 heavy (non-hydrogen) atoms. The molecule has 0 aliphatic heterocycles. The van der Waals surface area contributed by atoms with Gasteiger partial charge in [-0.15, -0.1) is 0 Å². The Kier molecular flexibility index (Phi) is 4.61. The van der Waals surface area contributed by atoms with E-state index >= 15 is 0 Å². The van der Waals surface area contributed by atoms with E-state index < -0.39 is 0 Å². The van der Waals surface area contributed by atoms with Gasteiger partial charge in [0.2, 0.25) is 0 Å². The monoisotopic (exact) mass is 267 g/mol. The third kappa shape index (κ3) is 3.10. The Labute approximate surface area is 123 Å². The van der Waals surface area contributed by atoms with Crippen molar-refractivity contribution in [3.05, 3.63) is 69.8 Å². The smallest absolute Gasteiger partial charge is 0.0358 e. The lowest BCUT2D eigenvalue weighted by molar-refractivity contribution is 0.588. The van der Waals surface area contributed by atoms with Crippen LogP contribution in [0.5, 0.6) is 0 Å². The van der Waals surface area contributed by atoms with Gasteiger partial charge in [-0.25, -0.2) is 0 Å². The van der Waals surface area contributed by atoms with Gasteiger partial charge in [0.15, 0.2) is 0 Å². The summed E-state index contributed by atoms with van der Waals surface area (Å²) in [4.78, 5) is 0. The minimum Gasteiger partial charge on any atom is -0.313 e. The summed E-state index contributed by atoms with van der Waals surface area (Å²) in [6.07, 6.45) is 1.04. The summed E-state index contributed by atoms with van der Waals surface area (Å²) in [5.74, 6) is 0. The van der Waals surface area contributed by atoms with Gasteiger partial charge in [0, 0.05) is 6.04 Å². The van der Waals surface area contributed by atoms with E-state index in [1.165, 1.54) is 33.4 Å². The fourth-order valence-corrected chi connectivity index (χ4v) is 2.74. The van der Waals surface area contributed by atoms with Crippen molar-refractivity contribution in [3.63, 3.8) is 0 Å². The van der Waals surface area contributed by atoms with Crippen LogP contribution < -0.4 is 5.32 Å². The first-order chi connectivity index (χ1) is 9.52. The lowest BCUT2D eigenvalue weighted by Gasteiger charge is -2.20. The SMILES string of the molecule is CNC(Cc1c(C)cccc1C)c1ccc(C)c(C)c1. The van der Waals surface area contributed by atoms with Crippen molar-refractivity contribution < 1.29 is 0 Å². The molecule has 1 atom stereocenters. The minimum absolute atomic E-state index is 0.370. The topological polar surface area (TPSA) is 12.0 Å². The Morgan fingerprint density at radius 1 is 0.850 bits per heavy atom. The summed E-state index contributed by atoms with van der Waals surface area (Å²) >= 11 is 0. The van der Waals surface area contributed by atoms with Gasteiger partial charge in [-0.05, 0) is 74.5 Å². The molecule has 1 N–H and O–H groups in total. The second-order valence-electron chi connectivity index (χ2n) is 5.76. The Bertz CT molecular complexity index is 578. The average Bonchev–Trinajstić information content (AvgIpc) is 2.42. The molecule has 0 heterocycles. The Morgan fingerprint density at radius 3 is 2.05 bits per heavy atom. The third-order valence-corrected chi connectivity index (χ3v) is 4.33. The summed E-state index contributed by atoms with van der Waals surface area (Å²) in [5, 5.41) is 3.47. The van der Waals surface area contributed by atoms with E-state index in [1.54, 1.807) is 0 Å². The van der Waals surface area contributed by atoms with Gasteiger partial charge in [-0.3, -0.25) is 0 Å². The first kappa shape index (κ1) is 14.8. The lowest BCUT2D eigenvalue weighted by Crippen LogP contribution is -2.20. The van der Waals surface area contributed by atoms with Crippen LogP contribution in [0.1, 0.15) is 39.4 Å². The maximum absolute atomic E-state index is 3.47. The molecule has 0 aliphatic rings. The molecule has 0 bridgehead atoms. The molecule has 2 rings (SSSR count). The van der Waals surface area contributed by atoms with Crippen molar-refractivity contribution in [1.82, 2.24) is 5.32 Å². The fourth-order valence-electron chi connectivity index (χ4n) is 2.74. The summed E-state index contributed by atoms with van der Waals surface area (Å²) in [6, 6.07) is 13.7. The summed E-state index contributed by atoms with van der Waals surface area (Å²) < 4.78 is 0. The van der Waals surface area contributed by atoms with E-state index in [1.807, 2.05) is 7.05 Å². The number of likely N-dealkylation sites (N-methyl/N-ethyl adjacent to an activating group) is 1. The molecule has 1 heteroatoms. The summed E-state index contributed by atoms with van der Waals surface area (Å²) in [7, 11) is 2.05. The maximum Gasteiger partial charge on any atom is 0.0358 e. The Hall–Kier alpha value is -1.60. The zero-order valence-electron chi connectivity index (χ0n) is 13.2. The predicted molar refractivity (Wildman–Crippen MR) is 87.3 cm³/mol. The highest BCUT2D eigenvalue weighted by Crippen LogP contribution is 2.24. The van der Waals surface area contributed by atoms with E-state index in [-0.39, 0.29) is 0 Å². The van der Waals surface area contributed by atoms with Gasteiger partial charge in [0.1, 0.15) is 0 Å². The quantitative estimate of drug-likeness (QED) is 0.864. The van der Waals surface area contributed by atoms with E-state index in [2.05, 4.69) is 69.4 Å². The van der Waals surface area contributed by atoms with Crippen molar-refractivity contribution in [1.29, 1.82) is 0 Å². The number of aryl methyl sites for hydroxylation is 4. The highest BCUT2D eigenvalue weighted by atomic mass is 14.9. The molecular weight excluding hydrogens is 242 g/mol. The van der Waals surface area contributed by atoms with Crippen LogP contribution in [-0.4, -0.2) is 7.05 Å². The van der Waals surface area contributed by atoms with Gasteiger partial charge in [0.25, 0.3) is 0 Å². The second kappa shape index (κ2) is 6.23. The van der Waals surface area contributed by atoms with Crippen LogP contribution in [0.25, 0.3) is 0 Å². The average molecular weight is 267 g/mol. The van der Waals surface area contributed by atoms with Crippen LogP contribution >= 0.6 is 0 Å². The Morgan fingerprint density at radius 2 is 1.50 bits per heavy atom. The lowest BCUT2D eigenvalue weighted by atomic mass is 9.92. The predicted octanol–water partition coefficient (Wildman–Crippen LogP) is 4.42. The third-order valence-electron chi connectivity index (χ3n) is 4.33. The van der Waals surface area contributed by atoms with E-state index in [9.17, 15) is 0 Å². The van der Waals surface area contributed by atoms with Crippen LogP contribution in [0.15, 0.2) is 36.4 Å². The second-order valence-corrected chi connectivity index (χ2v) is 5.76. The number of rotatable bonds is 4. The van der Waals surface area contributed by atoms with E-state index in [4.69, 9.17) is 0 Å². The molecule has 0 aliphatic carbocycles. The number of hydrogen-bond donors (Lipinski definition) is 1. The molecule has 2 aromatic rings. The van der Waals surface area contributed by atoms with Crippen molar-refractivity contribution in [3.8, 4) is 0 Å². The van der Waals surface area contributed by atoms with Crippen LogP contribution in [-0.2, 0) is 6.42 Å². The number of nitrogens with one attached hydrogen (secondary N) is 1. The fraction of sp³-hybridized carbons (Fsp3) is 0.368. The highest BCUT2D eigenvalue weighted by molar-refractivity contribution is 5.37. The molecule has 0 amide bonds. The molecule has 1 unspecified atom stereocenters. The zero-order chi connectivity index (χ0) is 14.7. The van der Waals surface area contributed by atoms with Crippen molar-refractivity contribution in [2.45, 2.75) is 40.2 Å². The molecule has 106 valence electrons. The first-order valence-corrected chi connectivity index (χ1v) is 7.32. The Balaban J connectivity index is 2.31. The standard InChI is InChI=1S/C19H25N/c1-13-9-10-17(11-16(13)4)19(20-5)12-18-14(2)7-6-8-15(18)3/h6-11,19-20H,12H2,1-5H3. The summed E-state index contributed by atoms with van der Waals surface area (Å²) in [6.45, 7) is 8.76. The van der Waals surface area contributed by atoms with Gasteiger partial charge in [-0.2, -0.15) is 0 Å². The molecule has 1 nitrogen and oxygen atoms in total. The molecule has 0 radical (unpaired) electrons. The van der Waals surface area contributed by atoms with E-state index in [0.29, 0.717) is 6.04 Å². The summed E-state index contributed by atoms with van der Waals surface area (Å²) in [5.41, 5.74) is 8.33. The van der Waals surface area contributed by atoms with Crippen LogP contribution in [0.4, 0.5) is 0 Å². The molecule has 2 aromatic carbocycles. The molecule has 0 spiro atoms. The molecule has 0 fully saturated rings. The highest BCUT2D eigenvalue weighted by Gasteiger charge is 2.13. The van der Waals surface area contributed by atoms with Crippen molar-refractivity contribution in [2.24, 2.45) is 0 Å². The van der Waals surface area contributed by atoms with Crippen molar-refractivity contribution in [2.75, 3.05) is 7.05 Å². The maximum atomic E-state index is 3.47. The molecule has 0 aromatic heterocycles. The number of benzene rings is 2. The van der Waals surface area contributed by atoms with Crippen LogP contribution in [0.3, 0.4) is 0 Å². The van der Waals surface area contributed by atoms with Gasteiger partial charge in [-0.1, -0.05) is 36.4 Å². The molecular formula is C19H25N. The van der Waals surface area contributed by atoms with Crippen LogP contribution in [0, 0.1) is 27.7 Å². The van der Waals surface area contributed by atoms with Crippen LogP contribution in [0.2, 0.25) is 0 Å². The minimum atomic E-state index is 0.370. The zero-order valence-corrected chi connectivity index (χ0v) is 13.2. The van der Waals surface area contributed by atoms with Gasteiger partial charge >= 0.3 is 0 Å². The molecule has 0 saturated carbocycles. The normalized spacial score (nSPS) is 12.4. The van der Waals surface area contributed by atoms with E-state index in [0.717, 1.165) is 6.42 Å². The van der Waals surface area contributed by atoms with Gasteiger partial charge < -0.3 is 5.32 Å². The molecule has 0 saturated heterocycles. The number of hydrogen-bond acceptors (Lipinski definition) is 1. The van der Waals surface area contributed by atoms with Gasteiger partial charge in [0.05, 0.1) is 0 Å². The van der Waals surface area contributed by atoms with Crippen molar-refractivity contribution >= 4 is 0 Å².